The van der Waals surface area contributed by atoms with E-state index < -0.39 is 11.9 Å². The first-order chi connectivity index (χ1) is 9.40. The number of carboxylic acid groups (broad SMARTS) is 1. The van der Waals surface area contributed by atoms with Crippen LogP contribution in [-0.4, -0.2) is 35.0 Å². The maximum Gasteiger partial charge on any atom is 0.307 e. The second kappa shape index (κ2) is 6.15. The summed E-state index contributed by atoms with van der Waals surface area (Å²) in [5.41, 5.74) is 0. The smallest absolute Gasteiger partial charge is 0.307 e. The van der Waals surface area contributed by atoms with Gasteiger partial charge in [0.25, 0.3) is 0 Å². The van der Waals surface area contributed by atoms with E-state index in [1.54, 1.807) is 0 Å². The fourth-order valence-corrected chi connectivity index (χ4v) is 3.86. The van der Waals surface area contributed by atoms with Gasteiger partial charge in [-0.05, 0) is 43.4 Å². The van der Waals surface area contributed by atoms with E-state index in [4.69, 9.17) is 0 Å². The number of rotatable bonds is 3. The Hall–Kier alpha value is -1.06. The molecule has 1 N–H and O–H groups in total. The van der Waals surface area contributed by atoms with Crippen LogP contribution in [-0.2, 0) is 9.59 Å². The Morgan fingerprint density at radius 1 is 1.10 bits per heavy atom. The summed E-state index contributed by atoms with van der Waals surface area (Å²) in [6.45, 7) is 8.13. The molecule has 1 amide bonds. The second-order valence-corrected chi connectivity index (χ2v) is 7.03. The Morgan fingerprint density at radius 3 is 2.15 bits per heavy atom. The van der Waals surface area contributed by atoms with E-state index in [2.05, 4.69) is 13.8 Å². The summed E-state index contributed by atoms with van der Waals surface area (Å²) in [7, 11) is 0. The molecular weight excluding hydrogens is 254 g/mol. The van der Waals surface area contributed by atoms with Gasteiger partial charge < -0.3 is 10.0 Å². The number of carbonyl (C=O) groups is 2. The van der Waals surface area contributed by atoms with E-state index in [0.717, 1.165) is 32.4 Å². The van der Waals surface area contributed by atoms with Crippen molar-refractivity contribution in [1.82, 2.24) is 4.90 Å². The van der Waals surface area contributed by atoms with Gasteiger partial charge in [-0.2, -0.15) is 0 Å². The van der Waals surface area contributed by atoms with Crippen LogP contribution in [0.25, 0.3) is 0 Å². The molecule has 0 spiro atoms. The molecule has 1 heterocycles. The summed E-state index contributed by atoms with van der Waals surface area (Å²) in [4.78, 5) is 25.8. The van der Waals surface area contributed by atoms with Crippen molar-refractivity contribution >= 4 is 11.9 Å². The average Bonchev–Trinajstić information content (AvgIpc) is 2.80. The molecule has 1 aliphatic carbocycles. The van der Waals surface area contributed by atoms with Crippen LogP contribution < -0.4 is 0 Å². The molecule has 3 atom stereocenters. The van der Waals surface area contributed by atoms with Gasteiger partial charge in [0.1, 0.15) is 0 Å². The van der Waals surface area contributed by atoms with Crippen molar-refractivity contribution in [3.63, 3.8) is 0 Å². The Bertz CT molecular complexity index is 372. The minimum absolute atomic E-state index is 0.0870. The van der Waals surface area contributed by atoms with Crippen molar-refractivity contribution in [2.75, 3.05) is 13.1 Å². The second-order valence-electron chi connectivity index (χ2n) is 7.03. The van der Waals surface area contributed by atoms with Crippen molar-refractivity contribution in [1.29, 1.82) is 0 Å². The molecule has 2 fully saturated rings. The summed E-state index contributed by atoms with van der Waals surface area (Å²) in [5.74, 6) is 0.243. The quantitative estimate of drug-likeness (QED) is 0.865. The predicted molar refractivity (Wildman–Crippen MR) is 77.2 cm³/mol. The third-order valence-electron chi connectivity index (χ3n) is 5.23. The molecule has 0 aromatic heterocycles. The molecule has 114 valence electrons. The molecule has 1 unspecified atom stereocenters. The summed E-state index contributed by atoms with van der Waals surface area (Å²) < 4.78 is 0. The Labute approximate surface area is 121 Å². The number of nitrogens with zero attached hydrogens (tertiary/aromatic N) is 1. The highest BCUT2D eigenvalue weighted by Crippen LogP contribution is 2.38. The van der Waals surface area contributed by atoms with Crippen LogP contribution >= 0.6 is 0 Å². The average molecular weight is 281 g/mol. The normalized spacial score (nSPS) is 31.8. The number of likely N-dealkylation sites (tertiary alicyclic amines) is 1. The molecule has 1 saturated carbocycles. The number of hydrogen-bond donors (Lipinski definition) is 1. The van der Waals surface area contributed by atoms with Gasteiger partial charge in [-0.25, -0.2) is 0 Å². The number of piperidine rings is 1. The van der Waals surface area contributed by atoms with Gasteiger partial charge in [-0.15, -0.1) is 0 Å². The van der Waals surface area contributed by atoms with Gasteiger partial charge in [-0.3, -0.25) is 9.59 Å². The van der Waals surface area contributed by atoms with Crippen LogP contribution in [0.2, 0.25) is 0 Å². The summed E-state index contributed by atoms with van der Waals surface area (Å²) in [6, 6.07) is 0. The van der Waals surface area contributed by atoms with Crippen LogP contribution in [0.15, 0.2) is 0 Å². The zero-order valence-electron chi connectivity index (χ0n) is 12.8. The molecule has 2 aliphatic rings. The highest BCUT2D eigenvalue weighted by molar-refractivity contribution is 5.85. The lowest BCUT2D eigenvalue weighted by Gasteiger charge is -2.35. The molecule has 0 radical (unpaired) electrons. The zero-order valence-corrected chi connectivity index (χ0v) is 12.8. The van der Waals surface area contributed by atoms with Gasteiger partial charge in [0, 0.05) is 13.1 Å². The fourth-order valence-electron chi connectivity index (χ4n) is 3.86. The lowest BCUT2D eigenvalue weighted by molar-refractivity contribution is -0.149. The van der Waals surface area contributed by atoms with Crippen molar-refractivity contribution < 1.29 is 14.7 Å². The first kappa shape index (κ1) is 15.3. The van der Waals surface area contributed by atoms with Crippen molar-refractivity contribution in [3.05, 3.63) is 0 Å². The van der Waals surface area contributed by atoms with E-state index >= 15 is 0 Å². The van der Waals surface area contributed by atoms with Gasteiger partial charge in [0.05, 0.1) is 11.8 Å². The molecule has 4 nitrogen and oxygen atoms in total. The van der Waals surface area contributed by atoms with Crippen LogP contribution in [0.3, 0.4) is 0 Å². The topological polar surface area (TPSA) is 57.6 Å². The predicted octanol–water partition coefficient (Wildman–Crippen LogP) is 2.63. The number of amides is 1. The molecule has 0 aromatic rings. The van der Waals surface area contributed by atoms with Gasteiger partial charge in [-0.1, -0.05) is 20.8 Å². The monoisotopic (exact) mass is 281 g/mol. The van der Waals surface area contributed by atoms with Crippen LogP contribution in [0.5, 0.6) is 0 Å². The molecule has 1 aliphatic heterocycles. The van der Waals surface area contributed by atoms with Crippen LogP contribution in [0.4, 0.5) is 0 Å². The van der Waals surface area contributed by atoms with E-state index in [0.29, 0.717) is 24.2 Å². The first-order valence-corrected chi connectivity index (χ1v) is 7.91. The van der Waals surface area contributed by atoms with Crippen molar-refractivity contribution in [2.24, 2.45) is 29.6 Å². The molecular formula is C16H27NO3. The molecule has 2 rings (SSSR count). The van der Waals surface area contributed by atoms with Gasteiger partial charge >= 0.3 is 5.97 Å². The fraction of sp³-hybridized carbons (Fsp3) is 0.875. The summed E-state index contributed by atoms with van der Waals surface area (Å²) >= 11 is 0. The number of carbonyl (C=O) groups excluding carboxylic acids is 1. The van der Waals surface area contributed by atoms with E-state index in [9.17, 15) is 14.7 Å². The third kappa shape index (κ3) is 3.15. The van der Waals surface area contributed by atoms with Crippen molar-refractivity contribution in [2.45, 2.75) is 46.5 Å². The Morgan fingerprint density at radius 2 is 1.65 bits per heavy atom. The number of hydrogen-bond acceptors (Lipinski definition) is 2. The highest BCUT2D eigenvalue weighted by atomic mass is 16.4. The van der Waals surface area contributed by atoms with E-state index in [1.807, 2.05) is 11.8 Å². The largest absolute Gasteiger partial charge is 0.481 e. The molecule has 1 saturated heterocycles. The SMILES string of the molecule is CC1C[C@H](C(=O)N2CCC(C(C)C)CC2)[C@H](C(=O)O)C1. The maximum absolute atomic E-state index is 12.6. The first-order valence-electron chi connectivity index (χ1n) is 7.91. The lowest BCUT2D eigenvalue weighted by atomic mass is 9.85. The molecule has 0 bridgehead atoms. The van der Waals surface area contributed by atoms with Crippen LogP contribution in [0, 0.1) is 29.6 Å². The zero-order chi connectivity index (χ0) is 14.9. The minimum atomic E-state index is -0.801. The van der Waals surface area contributed by atoms with Gasteiger partial charge in [0.15, 0.2) is 0 Å². The summed E-state index contributed by atoms with van der Waals surface area (Å²) in [6.07, 6.45) is 3.50. The number of carboxylic acids is 1. The summed E-state index contributed by atoms with van der Waals surface area (Å²) in [5, 5.41) is 9.29. The molecule has 20 heavy (non-hydrogen) atoms. The van der Waals surface area contributed by atoms with Crippen molar-refractivity contribution in [3.8, 4) is 0 Å². The lowest BCUT2D eigenvalue weighted by Crippen LogP contribution is -2.44. The Kier molecular flexibility index (Phi) is 4.71. The van der Waals surface area contributed by atoms with E-state index in [1.165, 1.54) is 0 Å². The minimum Gasteiger partial charge on any atom is -0.481 e. The Balaban J connectivity index is 1.96. The highest BCUT2D eigenvalue weighted by Gasteiger charge is 2.43. The van der Waals surface area contributed by atoms with Crippen LogP contribution in [0.1, 0.15) is 46.5 Å². The third-order valence-corrected chi connectivity index (χ3v) is 5.23. The molecule has 4 heteroatoms. The number of aliphatic carboxylic acids is 1. The standard InChI is InChI=1S/C16H27NO3/c1-10(2)12-4-6-17(7-5-12)15(18)13-8-11(3)9-14(13)16(19)20/h10-14H,4-9H2,1-3H3,(H,19,20)/t11?,13-,14+/m0/s1. The molecule has 0 aromatic carbocycles. The maximum atomic E-state index is 12.6. The van der Waals surface area contributed by atoms with E-state index in [-0.39, 0.29) is 11.8 Å². The van der Waals surface area contributed by atoms with Gasteiger partial charge in [0.2, 0.25) is 5.91 Å².